The van der Waals surface area contributed by atoms with Crippen LogP contribution in [-0.4, -0.2) is 34.6 Å². The van der Waals surface area contributed by atoms with Crippen LogP contribution in [0.2, 0.25) is 5.02 Å². The summed E-state index contributed by atoms with van der Waals surface area (Å²) in [5, 5.41) is 5.70. The standard InChI is InChI=1S/C21H22ClN3O2S/c1-15-6-7-16(14-19(15)22)28(26,27)24-20-8-9-21(25-12-10-23-11-13-25)18-5-3-2-4-17(18)20/h2-9,14,23-24H,10-13H2,1H3. The Kier molecular flexibility index (Phi) is 5.19. The van der Waals surface area contributed by atoms with Crippen molar-refractivity contribution < 1.29 is 8.42 Å². The summed E-state index contributed by atoms with van der Waals surface area (Å²) in [6, 6.07) is 16.5. The van der Waals surface area contributed by atoms with Crippen molar-refractivity contribution in [3.63, 3.8) is 0 Å². The number of nitrogens with zero attached hydrogens (tertiary/aromatic N) is 1. The van der Waals surface area contributed by atoms with E-state index in [9.17, 15) is 8.42 Å². The fourth-order valence-electron chi connectivity index (χ4n) is 3.50. The van der Waals surface area contributed by atoms with Crippen molar-refractivity contribution in [1.29, 1.82) is 0 Å². The summed E-state index contributed by atoms with van der Waals surface area (Å²) in [6.45, 7) is 5.58. The predicted molar refractivity (Wildman–Crippen MR) is 116 cm³/mol. The number of sulfonamides is 1. The molecule has 0 bridgehead atoms. The maximum Gasteiger partial charge on any atom is 0.261 e. The van der Waals surface area contributed by atoms with Crippen molar-refractivity contribution in [1.82, 2.24) is 5.32 Å². The molecule has 1 aliphatic heterocycles. The van der Waals surface area contributed by atoms with Gasteiger partial charge in [-0.2, -0.15) is 0 Å². The molecule has 1 saturated heterocycles. The summed E-state index contributed by atoms with van der Waals surface area (Å²) in [5.74, 6) is 0. The zero-order valence-electron chi connectivity index (χ0n) is 15.6. The highest BCUT2D eigenvalue weighted by atomic mass is 35.5. The Morgan fingerprint density at radius 3 is 2.43 bits per heavy atom. The first kappa shape index (κ1) is 19.1. The van der Waals surface area contributed by atoms with Gasteiger partial charge in [-0.25, -0.2) is 8.42 Å². The molecule has 0 spiro atoms. The molecule has 0 radical (unpaired) electrons. The molecule has 3 aromatic carbocycles. The summed E-state index contributed by atoms with van der Waals surface area (Å²) < 4.78 is 28.6. The van der Waals surface area contributed by atoms with E-state index in [0.717, 1.165) is 48.2 Å². The van der Waals surface area contributed by atoms with Crippen LogP contribution in [-0.2, 0) is 10.0 Å². The molecule has 0 aromatic heterocycles. The molecule has 28 heavy (non-hydrogen) atoms. The van der Waals surface area contributed by atoms with Crippen molar-refractivity contribution in [3.05, 3.63) is 65.2 Å². The topological polar surface area (TPSA) is 61.4 Å². The number of fused-ring (bicyclic) bond motifs is 1. The summed E-state index contributed by atoms with van der Waals surface area (Å²) in [7, 11) is -3.74. The van der Waals surface area contributed by atoms with Crippen LogP contribution in [0.1, 0.15) is 5.56 Å². The van der Waals surface area contributed by atoms with Gasteiger partial charge in [-0.15, -0.1) is 0 Å². The second-order valence-corrected chi connectivity index (χ2v) is 9.02. The molecule has 7 heteroatoms. The van der Waals surface area contributed by atoms with Gasteiger partial charge >= 0.3 is 0 Å². The number of piperazine rings is 1. The number of nitrogens with one attached hydrogen (secondary N) is 2. The number of hydrogen-bond donors (Lipinski definition) is 2. The SMILES string of the molecule is Cc1ccc(S(=O)(=O)Nc2ccc(N3CCNCC3)c3ccccc23)cc1Cl. The number of benzene rings is 3. The minimum absolute atomic E-state index is 0.151. The van der Waals surface area contributed by atoms with Crippen molar-refractivity contribution in [3.8, 4) is 0 Å². The Labute approximate surface area is 170 Å². The fraction of sp³-hybridized carbons (Fsp3) is 0.238. The summed E-state index contributed by atoms with van der Waals surface area (Å²) in [5.41, 5.74) is 2.52. The zero-order chi connectivity index (χ0) is 19.7. The largest absolute Gasteiger partial charge is 0.368 e. The van der Waals surface area contributed by atoms with E-state index in [1.807, 2.05) is 43.3 Å². The number of aryl methyl sites for hydroxylation is 1. The molecule has 0 atom stereocenters. The average molecular weight is 416 g/mol. The molecular weight excluding hydrogens is 394 g/mol. The van der Waals surface area contributed by atoms with E-state index in [4.69, 9.17) is 11.6 Å². The van der Waals surface area contributed by atoms with Crippen LogP contribution in [0, 0.1) is 6.92 Å². The maximum atomic E-state index is 12.9. The van der Waals surface area contributed by atoms with Gasteiger partial charge in [0, 0.05) is 47.7 Å². The molecule has 0 saturated carbocycles. The molecule has 2 N–H and O–H groups in total. The van der Waals surface area contributed by atoms with Crippen LogP contribution < -0.4 is 14.9 Å². The number of halogens is 1. The molecule has 0 unspecified atom stereocenters. The lowest BCUT2D eigenvalue weighted by Gasteiger charge is -2.30. The highest BCUT2D eigenvalue weighted by Crippen LogP contribution is 2.34. The van der Waals surface area contributed by atoms with Gasteiger partial charge in [-0.1, -0.05) is 41.9 Å². The molecule has 0 aliphatic carbocycles. The Morgan fingerprint density at radius 2 is 1.71 bits per heavy atom. The lowest BCUT2D eigenvalue weighted by atomic mass is 10.1. The number of anilines is 2. The van der Waals surface area contributed by atoms with Crippen LogP contribution in [0.3, 0.4) is 0 Å². The Hall–Kier alpha value is -2.28. The van der Waals surface area contributed by atoms with Crippen molar-refractivity contribution in [2.45, 2.75) is 11.8 Å². The summed E-state index contributed by atoms with van der Waals surface area (Å²) in [6.07, 6.45) is 0. The molecule has 1 fully saturated rings. The Bertz CT molecular complexity index is 1130. The fourth-order valence-corrected chi connectivity index (χ4v) is 4.85. The first-order valence-electron chi connectivity index (χ1n) is 9.22. The lowest BCUT2D eigenvalue weighted by molar-refractivity contribution is 0.590. The minimum atomic E-state index is -3.74. The van der Waals surface area contributed by atoms with Crippen LogP contribution in [0.4, 0.5) is 11.4 Å². The van der Waals surface area contributed by atoms with Gasteiger partial charge in [0.25, 0.3) is 10.0 Å². The van der Waals surface area contributed by atoms with Gasteiger partial charge in [0.15, 0.2) is 0 Å². The molecule has 1 heterocycles. The smallest absolute Gasteiger partial charge is 0.261 e. The van der Waals surface area contributed by atoms with E-state index in [0.29, 0.717) is 10.7 Å². The highest BCUT2D eigenvalue weighted by molar-refractivity contribution is 7.92. The van der Waals surface area contributed by atoms with Crippen molar-refractivity contribution >= 4 is 43.8 Å². The van der Waals surface area contributed by atoms with E-state index in [1.165, 1.54) is 6.07 Å². The van der Waals surface area contributed by atoms with Crippen molar-refractivity contribution in [2.24, 2.45) is 0 Å². The highest BCUT2D eigenvalue weighted by Gasteiger charge is 2.19. The molecule has 3 aromatic rings. The quantitative estimate of drug-likeness (QED) is 0.675. The number of rotatable bonds is 4. The van der Waals surface area contributed by atoms with Crippen LogP contribution in [0.15, 0.2) is 59.5 Å². The van der Waals surface area contributed by atoms with Crippen LogP contribution in [0.25, 0.3) is 10.8 Å². The molecular formula is C21H22ClN3O2S. The van der Waals surface area contributed by atoms with E-state index < -0.39 is 10.0 Å². The molecule has 4 rings (SSSR count). The third-order valence-corrected chi connectivity index (χ3v) is 6.83. The van der Waals surface area contributed by atoms with Gasteiger partial charge in [-0.05, 0) is 36.8 Å². The molecule has 0 amide bonds. The van der Waals surface area contributed by atoms with E-state index in [-0.39, 0.29) is 4.90 Å². The molecule has 146 valence electrons. The van der Waals surface area contributed by atoms with Gasteiger partial charge in [0.05, 0.1) is 10.6 Å². The van der Waals surface area contributed by atoms with Crippen LogP contribution in [0.5, 0.6) is 0 Å². The Morgan fingerprint density at radius 1 is 1.00 bits per heavy atom. The maximum absolute atomic E-state index is 12.9. The summed E-state index contributed by atoms with van der Waals surface area (Å²) >= 11 is 6.12. The first-order valence-corrected chi connectivity index (χ1v) is 11.1. The van der Waals surface area contributed by atoms with Crippen molar-refractivity contribution in [2.75, 3.05) is 35.8 Å². The first-order chi connectivity index (χ1) is 13.5. The molecule has 5 nitrogen and oxygen atoms in total. The van der Waals surface area contributed by atoms with E-state index in [1.54, 1.807) is 12.1 Å². The van der Waals surface area contributed by atoms with Gasteiger partial charge < -0.3 is 10.2 Å². The van der Waals surface area contributed by atoms with Gasteiger partial charge in [-0.3, -0.25) is 4.72 Å². The van der Waals surface area contributed by atoms with Gasteiger partial charge in [0.2, 0.25) is 0 Å². The normalized spacial score (nSPS) is 15.0. The second-order valence-electron chi connectivity index (χ2n) is 6.93. The van der Waals surface area contributed by atoms with E-state index >= 15 is 0 Å². The Balaban J connectivity index is 1.74. The number of hydrogen-bond acceptors (Lipinski definition) is 4. The summed E-state index contributed by atoms with van der Waals surface area (Å²) in [4.78, 5) is 2.48. The monoisotopic (exact) mass is 415 g/mol. The van der Waals surface area contributed by atoms with Crippen LogP contribution >= 0.6 is 11.6 Å². The lowest BCUT2D eigenvalue weighted by Crippen LogP contribution is -2.43. The minimum Gasteiger partial charge on any atom is -0.368 e. The average Bonchev–Trinajstić information content (AvgIpc) is 2.71. The molecule has 1 aliphatic rings. The van der Waals surface area contributed by atoms with E-state index in [2.05, 4.69) is 14.9 Å². The zero-order valence-corrected chi connectivity index (χ0v) is 17.1. The predicted octanol–water partition coefficient (Wildman–Crippen LogP) is 4.01. The third kappa shape index (κ3) is 3.68. The second kappa shape index (κ2) is 7.62. The third-order valence-electron chi connectivity index (χ3n) is 5.06. The van der Waals surface area contributed by atoms with Gasteiger partial charge in [0.1, 0.15) is 0 Å².